The molecule has 0 aliphatic carbocycles. The lowest BCUT2D eigenvalue weighted by Crippen LogP contribution is -2.47. The highest BCUT2D eigenvalue weighted by molar-refractivity contribution is 7.91. The Morgan fingerprint density at radius 2 is 1.94 bits per heavy atom. The van der Waals surface area contributed by atoms with Crippen molar-refractivity contribution in [3.05, 3.63) is 42.0 Å². The van der Waals surface area contributed by atoms with Gasteiger partial charge in [0.25, 0.3) is 0 Å². The van der Waals surface area contributed by atoms with E-state index in [1.165, 1.54) is 11.9 Å². The Balaban J connectivity index is 1.53. The highest BCUT2D eigenvalue weighted by Gasteiger charge is 2.42. The van der Waals surface area contributed by atoms with Crippen molar-refractivity contribution in [2.75, 3.05) is 25.7 Å². The van der Waals surface area contributed by atoms with E-state index in [0.717, 1.165) is 22.1 Å². The first kappa shape index (κ1) is 23.5. The van der Waals surface area contributed by atoms with Gasteiger partial charge in [0, 0.05) is 30.8 Å². The number of methoxy groups -OCH3 is 1. The molecular weight excluding hydrogens is 444 g/mol. The summed E-state index contributed by atoms with van der Waals surface area (Å²) in [6.45, 7) is 0. The first-order valence-corrected chi connectivity index (χ1v) is 12.9. The van der Waals surface area contributed by atoms with Gasteiger partial charge in [-0.2, -0.15) is 0 Å². The highest BCUT2D eigenvalue weighted by Crippen LogP contribution is 2.35. The number of ether oxygens (including phenoxy) is 1. The number of hydrogen-bond donors (Lipinski definition) is 2. The van der Waals surface area contributed by atoms with E-state index in [0.29, 0.717) is 25.7 Å². The number of rotatable bonds is 7. The largest absolute Gasteiger partial charge is 0.496 e. The molecule has 0 aromatic heterocycles. The van der Waals surface area contributed by atoms with Crippen molar-refractivity contribution in [1.29, 1.82) is 0 Å². The van der Waals surface area contributed by atoms with E-state index in [4.69, 9.17) is 4.74 Å². The first-order valence-electron chi connectivity index (χ1n) is 11.1. The predicted molar refractivity (Wildman–Crippen MR) is 125 cm³/mol. The summed E-state index contributed by atoms with van der Waals surface area (Å²) in [6.07, 6.45) is 1.09. The number of fused-ring (bicyclic) bond motifs is 1. The van der Waals surface area contributed by atoms with Crippen LogP contribution >= 0.6 is 0 Å². The van der Waals surface area contributed by atoms with Crippen molar-refractivity contribution in [1.82, 2.24) is 10.2 Å². The summed E-state index contributed by atoms with van der Waals surface area (Å²) >= 11 is 0. The third kappa shape index (κ3) is 4.84. The summed E-state index contributed by atoms with van der Waals surface area (Å²) < 4.78 is 29.2. The molecule has 2 aliphatic heterocycles. The van der Waals surface area contributed by atoms with Gasteiger partial charge in [-0.1, -0.05) is 30.3 Å². The maximum Gasteiger partial charge on any atom is 0.222 e. The molecule has 4 rings (SSSR count). The molecule has 3 atom stereocenters. The minimum atomic E-state index is -3.35. The molecule has 2 fully saturated rings. The second-order valence-corrected chi connectivity index (χ2v) is 11.3. The summed E-state index contributed by atoms with van der Waals surface area (Å²) in [5.41, 5.74) is 0.498. The molecule has 2 N–H and O–H groups in total. The number of nitrogens with one attached hydrogen (secondary N) is 1. The second-order valence-electron chi connectivity index (χ2n) is 9.19. The second kappa shape index (κ2) is 8.95. The van der Waals surface area contributed by atoms with Crippen molar-refractivity contribution in [2.45, 2.75) is 49.8 Å². The normalized spacial score (nSPS) is 26.3. The fourth-order valence-electron chi connectivity index (χ4n) is 5.10. The lowest BCUT2D eigenvalue weighted by Gasteiger charge is -2.32. The lowest BCUT2D eigenvalue weighted by atomic mass is 9.83. The number of amides is 2. The standard InChI is InChI=1S/C24H30N2O6S/c1-26(19-14-33(30,31)15-20(19)27)23(29)10-12-24(11-9-22(28)25-24)13-16-7-8-21(32-2)18-6-4-3-5-17(16)18/h3-8,19-20,27H,9-15H2,1-2H3,(H,25,28)/t19-,20-,24?/m1/s1. The van der Waals surface area contributed by atoms with Crippen LogP contribution in [0.5, 0.6) is 5.75 Å². The van der Waals surface area contributed by atoms with Crippen LogP contribution in [0.4, 0.5) is 0 Å². The predicted octanol–water partition coefficient (Wildman–Crippen LogP) is 1.44. The fraction of sp³-hybridized carbons (Fsp3) is 0.500. The van der Waals surface area contributed by atoms with Crippen molar-refractivity contribution < 1.29 is 27.9 Å². The average Bonchev–Trinajstić information content (AvgIpc) is 3.29. The topological polar surface area (TPSA) is 113 Å². The summed E-state index contributed by atoms with van der Waals surface area (Å²) in [5.74, 6) is -0.0430. The van der Waals surface area contributed by atoms with Crippen molar-refractivity contribution in [3.63, 3.8) is 0 Å². The lowest BCUT2D eigenvalue weighted by molar-refractivity contribution is -0.133. The Morgan fingerprint density at radius 1 is 1.21 bits per heavy atom. The zero-order valence-electron chi connectivity index (χ0n) is 18.9. The Hall–Kier alpha value is -2.65. The molecule has 0 saturated carbocycles. The van der Waals surface area contributed by atoms with Gasteiger partial charge < -0.3 is 20.1 Å². The first-order chi connectivity index (χ1) is 15.6. The highest BCUT2D eigenvalue weighted by atomic mass is 32.2. The number of carbonyl (C=O) groups excluding carboxylic acids is 2. The Morgan fingerprint density at radius 3 is 2.55 bits per heavy atom. The zero-order chi connectivity index (χ0) is 23.8. The van der Waals surface area contributed by atoms with Crippen molar-refractivity contribution >= 4 is 32.4 Å². The minimum absolute atomic E-state index is 0.0362. The third-order valence-electron chi connectivity index (χ3n) is 6.96. The number of carbonyl (C=O) groups is 2. The van der Waals surface area contributed by atoms with Crippen LogP contribution in [0, 0.1) is 0 Å². The smallest absolute Gasteiger partial charge is 0.222 e. The van der Waals surface area contributed by atoms with E-state index >= 15 is 0 Å². The van der Waals surface area contributed by atoms with Gasteiger partial charge in [0.15, 0.2) is 9.84 Å². The molecule has 1 unspecified atom stereocenters. The molecule has 0 spiro atoms. The van der Waals surface area contributed by atoms with Crippen LogP contribution in [0.25, 0.3) is 10.8 Å². The van der Waals surface area contributed by atoms with Crippen LogP contribution in [0.1, 0.15) is 31.2 Å². The molecular formula is C24H30N2O6S. The van der Waals surface area contributed by atoms with Crippen LogP contribution in [-0.2, 0) is 25.8 Å². The molecule has 0 bridgehead atoms. The van der Waals surface area contributed by atoms with Gasteiger partial charge in [-0.05, 0) is 36.3 Å². The molecule has 9 heteroatoms. The van der Waals surface area contributed by atoms with Crippen LogP contribution in [-0.4, -0.2) is 73.6 Å². The molecule has 2 aliphatic rings. The quantitative estimate of drug-likeness (QED) is 0.628. The molecule has 0 radical (unpaired) electrons. The zero-order valence-corrected chi connectivity index (χ0v) is 19.7. The Kier molecular flexibility index (Phi) is 6.37. The molecule has 2 aromatic rings. The van der Waals surface area contributed by atoms with Gasteiger partial charge in [-0.3, -0.25) is 9.59 Å². The summed E-state index contributed by atoms with van der Waals surface area (Å²) in [4.78, 5) is 26.4. The van der Waals surface area contributed by atoms with Gasteiger partial charge in [-0.25, -0.2) is 8.42 Å². The average molecular weight is 475 g/mol. The maximum absolute atomic E-state index is 12.9. The Bertz CT molecular complexity index is 1180. The van der Waals surface area contributed by atoms with Gasteiger partial charge in [-0.15, -0.1) is 0 Å². The number of benzene rings is 2. The number of likely N-dealkylation sites (N-methyl/N-ethyl adjacent to an activating group) is 1. The van der Waals surface area contributed by atoms with Crippen LogP contribution < -0.4 is 10.1 Å². The summed E-state index contributed by atoms with van der Waals surface area (Å²) in [7, 11) is -0.182. The van der Waals surface area contributed by atoms with Gasteiger partial charge in [0.05, 0.1) is 30.8 Å². The number of nitrogens with zero attached hydrogens (tertiary/aromatic N) is 1. The minimum Gasteiger partial charge on any atom is -0.496 e. The third-order valence-corrected chi connectivity index (χ3v) is 8.66. The number of sulfone groups is 1. The van der Waals surface area contributed by atoms with Gasteiger partial charge in [0.2, 0.25) is 11.8 Å². The molecule has 178 valence electrons. The van der Waals surface area contributed by atoms with Gasteiger partial charge >= 0.3 is 0 Å². The fourth-order valence-corrected chi connectivity index (χ4v) is 6.95. The summed E-state index contributed by atoms with van der Waals surface area (Å²) in [5, 5.41) is 15.2. The van der Waals surface area contributed by atoms with E-state index in [1.807, 2.05) is 36.4 Å². The Labute approximate surface area is 193 Å². The van der Waals surface area contributed by atoms with Crippen LogP contribution in [0.2, 0.25) is 0 Å². The summed E-state index contributed by atoms with van der Waals surface area (Å²) in [6, 6.07) is 11.1. The molecule has 2 amide bonds. The van der Waals surface area contributed by atoms with E-state index in [1.54, 1.807) is 7.11 Å². The van der Waals surface area contributed by atoms with Gasteiger partial charge in [0.1, 0.15) is 5.75 Å². The number of aliphatic hydroxyl groups excluding tert-OH is 1. The van der Waals surface area contributed by atoms with Crippen LogP contribution in [0.15, 0.2) is 36.4 Å². The van der Waals surface area contributed by atoms with E-state index in [2.05, 4.69) is 5.32 Å². The van der Waals surface area contributed by atoms with E-state index < -0.39 is 27.5 Å². The molecule has 2 heterocycles. The molecule has 2 saturated heterocycles. The van der Waals surface area contributed by atoms with Crippen molar-refractivity contribution in [3.8, 4) is 5.75 Å². The SMILES string of the molecule is COc1ccc(CC2(CCC(=O)N(C)[C@@H]3CS(=O)(=O)C[C@H]3O)CCC(=O)N2)c2ccccc12. The molecule has 8 nitrogen and oxygen atoms in total. The molecule has 2 aromatic carbocycles. The maximum atomic E-state index is 12.9. The van der Waals surface area contributed by atoms with Crippen molar-refractivity contribution in [2.24, 2.45) is 0 Å². The number of aliphatic hydroxyl groups is 1. The monoisotopic (exact) mass is 474 g/mol. The number of hydrogen-bond acceptors (Lipinski definition) is 6. The van der Waals surface area contributed by atoms with E-state index in [-0.39, 0.29) is 29.7 Å². The van der Waals surface area contributed by atoms with E-state index in [9.17, 15) is 23.1 Å². The molecule has 33 heavy (non-hydrogen) atoms. The van der Waals surface area contributed by atoms with Crippen LogP contribution in [0.3, 0.4) is 0 Å².